The number of carbonyl (C=O) groups is 2. The van der Waals surface area contributed by atoms with Gasteiger partial charge in [0.25, 0.3) is 11.8 Å². The maximum atomic E-state index is 12.6. The van der Waals surface area contributed by atoms with Gasteiger partial charge in [-0.25, -0.2) is 8.42 Å². The van der Waals surface area contributed by atoms with E-state index >= 15 is 0 Å². The number of nitrogens with one attached hydrogen (secondary N) is 2. The number of amides is 2. The summed E-state index contributed by atoms with van der Waals surface area (Å²) >= 11 is 0. The topological polar surface area (TPSA) is 102 Å². The fourth-order valence-corrected chi connectivity index (χ4v) is 4.78. The van der Waals surface area contributed by atoms with Crippen molar-refractivity contribution in [1.82, 2.24) is 10.6 Å². The molecule has 0 unspecified atom stereocenters. The molecule has 1 aliphatic rings. The van der Waals surface area contributed by atoms with E-state index in [0.717, 1.165) is 5.56 Å². The van der Waals surface area contributed by atoms with Crippen molar-refractivity contribution < 1.29 is 22.7 Å². The predicted octanol–water partition coefficient (Wildman–Crippen LogP) is 1.69. The fraction of sp³-hybridized carbons (Fsp3) is 0.333. The maximum absolute atomic E-state index is 12.6. The Morgan fingerprint density at radius 3 is 2.48 bits per heavy atom. The van der Waals surface area contributed by atoms with E-state index in [-0.39, 0.29) is 17.4 Å². The molecule has 0 aromatic heterocycles. The number of ether oxygens (including phenoxy) is 1. The van der Waals surface area contributed by atoms with Crippen LogP contribution in [-0.4, -0.2) is 43.9 Å². The van der Waals surface area contributed by atoms with Crippen LogP contribution in [0.2, 0.25) is 0 Å². The Balaban J connectivity index is 1.60. The summed E-state index contributed by atoms with van der Waals surface area (Å²) in [6, 6.07) is 15.8. The van der Waals surface area contributed by atoms with Crippen molar-refractivity contribution >= 4 is 21.7 Å². The molecule has 2 aromatic carbocycles. The summed E-state index contributed by atoms with van der Waals surface area (Å²) in [5.74, 6) is -0.396. The molecule has 1 heterocycles. The summed E-state index contributed by atoms with van der Waals surface area (Å²) in [7, 11) is -3.08. The lowest BCUT2D eigenvalue weighted by Crippen LogP contribution is -2.43. The predicted molar refractivity (Wildman–Crippen MR) is 109 cm³/mol. The van der Waals surface area contributed by atoms with E-state index in [1.54, 1.807) is 31.2 Å². The van der Waals surface area contributed by atoms with Gasteiger partial charge in [0, 0.05) is 12.6 Å². The van der Waals surface area contributed by atoms with E-state index < -0.39 is 27.9 Å². The van der Waals surface area contributed by atoms with E-state index in [2.05, 4.69) is 10.6 Å². The monoisotopic (exact) mass is 416 g/mol. The molecule has 3 rings (SSSR count). The third-order valence-corrected chi connectivity index (χ3v) is 6.45. The first-order valence-electron chi connectivity index (χ1n) is 9.43. The van der Waals surface area contributed by atoms with E-state index in [1.165, 1.54) is 0 Å². The summed E-state index contributed by atoms with van der Waals surface area (Å²) in [5.41, 5.74) is 1.30. The zero-order valence-electron chi connectivity index (χ0n) is 16.1. The fourth-order valence-electron chi connectivity index (χ4n) is 3.10. The second-order valence-electron chi connectivity index (χ2n) is 7.03. The van der Waals surface area contributed by atoms with Crippen LogP contribution in [0.3, 0.4) is 0 Å². The smallest absolute Gasteiger partial charge is 0.261 e. The Morgan fingerprint density at radius 1 is 1.10 bits per heavy atom. The highest BCUT2D eigenvalue weighted by Crippen LogP contribution is 2.20. The SMILES string of the molecule is C[C@H](Oc1ccccc1C(=O)NCc1ccccc1)C(=O)N[C@@H]1CCS(=O)(=O)C1. The molecule has 0 aliphatic carbocycles. The van der Waals surface area contributed by atoms with Gasteiger partial charge >= 0.3 is 0 Å². The van der Waals surface area contributed by atoms with Gasteiger partial charge in [0.2, 0.25) is 0 Å². The Hall–Kier alpha value is -2.87. The molecule has 2 amide bonds. The summed E-state index contributed by atoms with van der Waals surface area (Å²) in [6.45, 7) is 1.94. The van der Waals surface area contributed by atoms with Gasteiger partial charge < -0.3 is 15.4 Å². The van der Waals surface area contributed by atoms with Gasteiger partial charge in [-0.15, -0.1) is 0 Å². The number of hydrogen-bond acceptors (Lipinski definition) is 5. The first-order valence-corrected chi connectivity index (χ1v) is 11.2. The molecule has 0 bridgehead atoms. The molecule has 2 aromatic rings. The lowest BCUT2D eigenvalue weighted by molar-refractivity contribution is -0.127. The lowest BCUT2D eigenvalue weighted by Gasteiger charge is -2.19. The van der Waals surface area contributed by atoms with Crippen LogP contribution < -0.4 is 15.4 Å². The molecular formula is C21H24N2O5S. The lowest BCUT2D eigenvalue weighted by atomic mass is 10.1. The Morgan fingerprint density at radius 2 is 1.79 bits per heavy atom. The maximum Gasteiger partial charge on any atom is 0.261 e. The van der Waals surface area contributed by atoms with Crippen molar-refractivity contribution in [2.45, 2.75) is 32.0 Å². The van der Waals surface area contributed by atoms with Gasteiger partial charge in [-0.1, -0.05) is 42.5 Å². The third kappa shape index (κ3) is 5.80. The molecule has 0 radical (unpaired) electrons. The minimum atomic E-state index is -3.08. The molecule has 7 nitrogen and oxygen atoms in total. The van der Waals surface area contributed by atoms with Gasteiger partial charge in [0.05, 0.1) is 17.1 Å². The first kappa shape index (κ1) is 20.9. The number of sulfone groups is 1. The van der Waals surface area contributed by atoms with Gasteiger partial charge in [-0.05, 0) is 31.0 Å². The van der Waals surface area contributed by atoms with E-state index in [9.17, 15) is 18.0 Å². The zero-order valence-corrected chi connectivity index (χ0v) is 16.9. The van der Waals surface area contributed by atoms with Crippen molar-refractivity contribution in [3.63, 3.8) is 0 Å². The van der Waals surface area contributed by atoms with E-state index in [4.69, 9.17) is 4.74 Å². The van der Waals surface area contributed by atoms with Crippen molar-refractivity contribution in [2.75, 3.05) is 11.5 Å². The van der Waals surface area contributed by atoms with Crippen molar-refractivity contribution in [3.8, 4) is 5.75 Å². The second kappa shape index (κ2) is 9.09. The number of rotatable bonds is 7. The number of carbonyl (C=O) groups excluding carboxylic acids is 2. The first-order chi connectivity index (χ1) is 13.8. The van der Waals surface area contributed by atoms with Gasteiger partial charge in [0.15, 0.2) is 15.9 Å². The van der Waals surface area contributed by atoms with Gasteiger partial charge in [0.1, 0.15) is 5.75 Å². The summed E-state index contributed by atoms with van der Waals surface area (Å²) in [5, 5.41) is 5.55. The molecular weight excluding hydrogens is 392 g/mol. The molecule has 1 saturated heterocycles. The van der Waals surface area contributed by atoms with Crippen LogP contribution in [0.25, 0.3) is 0 Å². The van der Waals surface area contributed by atoms with Crippen molar-refractivity contribution in [1.29, 1.82) is 0 Å². The molecule has 154 valence electrons. The van der Waals surface area contributed by atoms with Crippen molar-refractivity contribution in [3.05, 3.63) is 65.7 Å². The molecule has 1 aliphatic heterocycles. The molecule has 8 heteroatoms. The van der Waals surface area contributed by atoms with E-state index in [1.807, 2.05) is 30.3 Å². The number of hydrogen-bond donors (Lipinski definition) is 2. The van der Waals surface area contributed by atoms with Gasteiger partial charge in [-0.2, -0.15) is 0 Å². The number of benzene rings is 2. The van der Waals surface area contributed by atoms with Crippen LogP contribution in [0.1, 0.15) is 29.3 Å². The highest BCUT2D eigenvalue weighted by Gasteiger charge is 2.30. The Kier molecular flexibility index (Phi) is 6.53. The average Bonchev–Trinajstić information content (AvgIpc) is 3.05. The summed E-state index contributed by atoms with van der Waals surface area (Å²) < 4.78 is 28.8. The van der Waals surface area contributed by atoms with Crippen LogP contribution in [-0.2, 0) is 21.2 Å². The molecule has 29 heavy (non-hydrogen) atoms. The molecule has 0 saturated carbocycles. The van der Waals surface area contributed by atoms with Crippen LogP contribution in [0, 0.1) is 0 Å². The minimum Gasteiger partial charge on any atom is -0.480 e. The molecule has 2 N–H and O–H groups in total. The summed E-state index contributed by atoms with van der Waals surface area (Å²) in [4.78, 5) is 25.0. The quantitative estimate of drug-likeness (QED) is 0.715. The molecule has 0 spiro atoms. The van der Waals surface area contributed by atoms with Crippen LogP contribution in [0.5, 0.6) is 5.75 Å². The summed E-state index contributed by atoms with van der Waals surface area (Å²) in [6.07, 6.45) is -0.472. The third-order valence-electron chi connectivity index (χ3n) is 4.68. The second-order valence-corrected chi connectivity index (χ2v) is 9.26. The average molecular weight is 416 g/mol. The highest BCUT2D eigenvalue weighted by molar-refractivity contribution is 7.91. The van der Waals surface area contributed by atoms with Crippen LogP contribution in [0.15, 0.2) is 54.6 Å². The zero-order chi connectivity index (χ0) is 20.9. The minimum absolute atomic E-state index is 0.0516. The molecule has 1 fully saturated rings. The number of para-hydroxylation sites is 1. The highest BCUT2D eigenvalue weighted by atomic mass is 32.2. The van der Waals surface area contributed by atoms with Crippen molar-refractivity contribution in [2.24, 2.45) is 0 Å². The Bertz CT molecular complexity index is 976. The van der Waals surface area contributed by atoms with Crippen LogP contribution >= 0.6 is 0 Å². The normalized spacial score (nSPS) is 18.6. The Labute approximate surface area is 170 Å². The standard InChI is InChI=1S/C21H24N2O5S/c1-15(20(24)23-17-11-12-29(26,27)14-17)28-19-10-6-5-9-18(19)21(25)22-13-16-7-3-2-4-8-16/h2-10,15,17H,11-14H2,1H3,(H,22,25)(H,23,24)/t15-,17+/m0/s1. The molecule has 2 atom stereocenters. The van der Waals surface area contributed by atoms with E-state index in [0.29, 0.717) is 24.3 Å². The van der Waals surface area contributed by atoms with Crippen LogP contribution in [0.4, 0.5) is 0 Å². The largest absolute Gasteiger partial charge is 0.480 e. The van der Waals surface area contributed by atoms with Gasteiger partial charge in [-0.3, -0.25) is 9.59 Å².